The fourth-order valence-corrected chi connectivity index (χ4v) is 4.09. The number of nitrogens with zero attached hydrogens (tertiary/aromatic N) is 1. The SMILES string of the molecule is CC(=O)N1CCc2cc(NC(=O)Cc3ccc4c(c3)CCCC4)ccc21. The number of aryl methyl sites for hydroxylation is 2. The number of rotatable bonds is 3. The molecule has 4 nitrogen and oxygen atoms in total. The highest BCUT2D eigenvalue weighted by atomic mass is 16.2. The molecule has 0 atom stereocenters. The van der Waals surface area contributed by atoms with Gasteiger partial charge in [-0.1, -0.05) is 18.2 Å². The van der Waals surface area contributed by atoms with Crippen LogP contribution in [0, 0.1) is 0 Å². The number of carbonyl (C=O) groups excluding carboxylic acids is 2. The molecule has 26 heavy (non-hydrogen) atoms. The van der Waals surface area contributed by atoms with E-state index >= 15 is 0 Å². The van der Waals surface area contributed by atoms with E-state index in [0.717, 1.165) is 48.3 Å². The van der Waals surface area contributed by atoms with Crippen molar-refractivity contribution in [2.45, 2.75) is 45.4 Å². The third-order valence-electron chi connectivity index (χ3n) is 5.42. The maximum Gasteiger partial charge on any atom is 0.228 e. The molecule has 1 heterocycles. The first-order valence-corrected chi connectivity index (χ1v) is 9.42. The highest BCUT2D eigenvalue weighted by molar-refractivity contribution is 5.96. The number of amides is 2. The summed E-state index contributed by atoms with van der Waals surface area (Å²) in [7, 11) is 0. The van der Waals surface area contributed by atoms with Crippen molar-refractivity contribution in [3.8, 4) is 0 Å². The standard InChI is InChI=1S/C22H24N2O2/c1-15(25)24-11-10-19-14-20(8-9-21(19)24)23-22(26)13-16-6-7-17-4-2-3-5-18(17)12-16/h6-9,12,14H,2-5,10-11,13H2,1H3,(H,23,26). The van der Waals surface area contributed by atoms with Gasteiger partial charge in [0.25, 0.3) is 0 Å². The zero-order valence-electron chi connectivity index (χ0n) is 15.2. The van der Waals surface area contributed by atoms with E-state index in [2.05, 4.69) is 23.5 Å². The Hall–Kier alpha value is -2.62. The van der Waals surface area contributed by atoms with Crippen LogP contribution in [-0.2, 0) is 35.3 Å². The monoisotopic (exact) mass is 348 g/mol. The van der Waals surface area contributed by atoms with Crippen LogP contribution in [0.25, 0.3) is 0 Å². The second-order valence-corrected chi connectivity index (χ2v) is 7.30. The fraction of sp³-hybridized carbons (Fsp3) is 0.364. The lowest BCUT2D eigenvalue weighted by Crippen LogP contribution is -2.25. The molecule has 0 saturated carbocycles. The molecule has 1 N–H and O–H groups in total. The quantitative estimate of drug-likeness (QED) is 0.920. The summed E-state index contributed by atoms with van der Waals surface area (Å²) < 4.78 is 0. The van der Waals surface area contributed by atoms with E-state index in [9.17, 15) is 9.59 Å². The number of nitrogens with one attached hydrogen (secondary N) is 1. The van der Waals surface area contributed by atoms with Crippen molar-refractivity contribution >= 4 is 23.2 Å². The topological polar surface area (TPSA) is 49.4 Å². The van der Waals surface area contributed by atoms with Crippen LogP contribution in [-0.4, -0.2) is 18.4 Å². The molecule has 0 bridgehead atoms. The van der Waals surface area contributed by atoms with Gasteiger partial charge in [0.15, 0.2) is 0 Å². The van der Waals surface area contributed by atoms with Crippen molar-refractivity contribution in [3.63, 3.8) is 0 Å². The summed E-state index contributed by atoms with van der Waals surface area (Å²) in [6.45, 7) is 2.31. The van der Waals surface area contributed by atoms with Crippen molar-refractivity contribution in [1.82, 2.24) is 0 Å². The highest BCUT2D eigenvalue weighted by Gasteiger charge is 2.22. The number of hydrogen-bond acceptors (Lipinski definition) is 2. The van der Waals surface area contributed by atoms with E-state index < -0.39 is 0 Å². The van der Waals surface area contributed by atoms with Crippen LogP contribution in [0.15, 0.2) is 36.4 Å². The molecule has 0 spiro atoms. The normalized spacial score (nSPS) is 15.3. The summed E-state index contributed by atoms with van der Waals surface area (Å²) >= 11 is 0. The lowest BCUT2D eigenvalue weighted by Gasteiger charge is -2.17. The first kappa shape index (κ1) is 16.8. The summed E-state index contributed by atoms with van der Waals surface area (Å²) in [6, 6.07) is 12.3. The number of hydrogen-bond donors (Lipinski definition) is 1. The maximum absolute atomic E-state index is 12.4. The molecule has 0 aromatic heterocycles. The minimum atomic E-state index is 0.00197. The second-order valence-electron chi connectivity index (χ2n) is 7.30. The lowest BCUT2D eigenvalue weighted by molar-refractivity contribution is -0.117. The Morgan fingerprint density at radius 2 is 1.77 bits per heavy atom. The Bertz CT molecular complexity index is 872. The Morgan fingerprint density at radius 3 is 2.58 bits per heavy atom. The van der Waals surface area contributed by atoms with Gasteiger partial charge < -0.3 is 10.2 Å². The molecule has 0 saturated heterocycles. The van der Waals surface area contributed by atoms with Gasteiger partial charge in [-0.25, -0.2) is 0 Å². The van der Waals surface area contributed by atoms with Gasteiger partial charge in [0.1, 0.15) is 0 Å². The molecule has 0 unspecified atom stereocenters. The van der Waals surface area contributed by atoms with Crippen LogP contribution in [0.1, 0.15) is 42.0 Å². The third kappa shape index (κ3) is 3.36. The van der Waals surface area contributed by atoms with Crippen LogP contribution in [0.5, 0.6) is 0 Å². The smallest absolute Gasteiger partial charge is 0.228 e. The molecule has 4 heteroatoms. The summed E-state index contributed by atoms with van der Waals surface area (Å²) in [6.07, 6.45) is 6.03. The summed E-state index contributed by atoms with van der Waals surface area (Å²) in [4.78, 5) is 25.9. The van der Waals surface area contributed by atoms with Crippen LogP contribution >= 0.6 is 0 Å². The molecule has 134 valence electrons. The highest BCUT2D eigenvalue weighted by Crippen LogP contribution is 2.30. The largest absolute Gasteiger partial charge is 0.326 e. The molecule has 2 aliphatic rings. The minimum absolute atomic E-state index is 0.00197. The van der Waals surface area contributed by atoms with E-state index in [-0.39, 0.29) is 11.8 Å². The molecule has 1 aliphatic heterocycles. The fourth-order valence-electron chi connectivity index (χ4n) is 4.09. The van der Waals surface area contributed by atoms with Crippen LogP contribution in [0.3, 0.4) is 0 Å². The number of carbonyl (C=O) groups is 2. The average molecular weight is 348 g/mol. The third-order valence-corrected chi connectivity index (χ3v) is 5.42. The number of anilines is 2. The zero-order valence-corrected chi connectivity index (χ0v) is 15.2. The molecule has 2 aromatic rings. The maximum atomic E-state index is 12.4. The molecular formula is C22H24N2O2. The van der Waals surface area contributed by atoms with E-state index in [4.69, 9.17) is 0 Å². The van der Waals surface area contributed by atoms with E-state index in [1.807, 2.05) is 18.2 Å². The average Bonchev–Trinajstić information content (AvgIpc) is 3.05. The van der Waals surface area contributed by atoms with Crippen molar-refractivity contribution in [3.05, 3.63) is 58.7 Å². The first-order chi connectivity index (χ1) is 12.6. The van der Waals surface area contributed by atoms with E-state index in [0.29, 0.717) is 6.42 Å². The molecule has 4 rings (SSSR count). The Morgan fingerprint density at radius 1 is 0.962 bits per heavy atom. The Balaban J connectivity index is 1.43. The van der Waals surface area contributed by atoms with Gasteiger partial charge in [-0.3, -0.25) is 9.59 Å². The predicted octanol–water partition coefficient (Wildman–Crippen LogP) is 3.66. The van der Waals surface area contributed by atoms with Crippen LogP contribution in [0.2, 0.25) is 0 Å². The molecule has 2 amide bonds. The van der Waals surface area contributed by atoms with E-state index in [1.165, 1.54) is 24.0 Å². The second kappa shape index (κ2) is 6.94. The lowest BCUT2D eigenvalue weighted by atomic mass is 9.90. The van der Waals surface area contributed by atoms with Gasteiger partial charge in [0.05, 0.1) is 6.42 Å². The number of fused-ring (bicyclic) bond motifs is 2. The van der Waals surface area contributed by atoms with Gasteiger partial charge in [-0.2, -0.15) is 0 Å². The zero-order chi connectivity index (χ0) is 18.1. The molecule has 2 aromatic carbocycles. The molecule has 1 aliphatic carbocycles. The molecule has 0 fully saturated rings. The molecular weight excluding hydrogens is 324 g/mol. The van der Waals surface area contributed by atoms with Crippen molar-refractivity contribution < 1.29 is 9.59 Å². The number of benzene rings is 2. The van der Waals surface area contributed by atoms with Gasteiger partial charge in [-0.05, 0) is 72.6 Å². The summed E-state index contributed by atoms with van der Waals surface area (Å²) in [5, 5.41) is 3.00. The van der Waals surface area contributed by atoms with Crippen molar-refractivity contribution in [2.75, 3.05) is 16.8 Å². The van der Waals surface area contributed by atoms with Gasteiger partial charge >= 0.3 is 0 Å². The van der Waals surface area contributed by atoms with Crippen molar-refractivity contribution in [2.24, 2.45) is 0 Å². The van der Waals surface area contributed by atoms with Gasteiger partial charge in [0, 0.05) is 24.8 Å². The summed E-state index contributed by atoms with van der Waals surface area (Å²) in [5.41, 5.74) is 6.80. The molecule has 0 radical (unpaired) electrons. The van der Waals surface area contributed by atoms with Crippen molar-refractivity contribution in [1.29, 1.82) is 0 Å². The van der Waals surface area contributed by atoms with Crippen LogP contribution in [0.4, 0.5) is 11.4 Å². The van der Waals surface area contributed by atoms with Gasteiger partial charge in [-0.15, -0.1) is 0 Å². The Labute approximate surface area is 154 Å². The van der Waals surface area contributed by atoms with Crippen LogP contribution < -0.4 is 10.2 Å². The summed E-state index contributed by atoms with van der Waals surface area (Å²) in [5.74, 6) is 0.0649. The minimum Gasteiger partial charge on any atom is -0.326 e. The van der Waals surface area contributed by atoms with Gasteiger partial charge in [0.2, 0.25) is 11.8 Å². The first-order valence-electron chi connectivity index (χ1n) is 9.42. The predicted molar refractivity (Wildman–Crippen MR) is 104 cm³/mol. The van der Waals surface area contributed by atoms with E-state index in [1.54, 1.807) is 11.8 Å². The Kier molecular flexibility index (Phi) is 4.49.